The number of carbonyl (C=O) groups excluding carboxylic acids is 1. The molecule has 0 aromatic heterocycles. The van der Waals surface area contributed by atoms with Crippen LogP contribution in [0.3, 0.4) is 0 Å². The van der Waals surface area contributed by atoms with Crippen LogP contribution in [0.15, 0.2) is 42.5 Å². The van der Waals surface area contributed by atoms with Crippen molar-refractivity contribution in [3.63, 3.8) is 0 Å². The fourth-order valence-corrected chi connectivity index (χ4v) is 3.19. The Morgan fingerprint density at radius 2 is 1.80 bits per heavy atom. The number of esters is 1. The molecule has 2 aromatic carbocycles. The van der Waals surface area contributed by atoms with E-state index in [4.69, 9.17) is 10.00 Å². The molecule has 3 nitrogen and oxygen atoms in total. The van der Waals surface area contributed by atoms with Crippen LogP contribution in [0.4, 0.5) is 0 Å². The minimum atomic E-state index is -0.392. The average Bonchev–Trinajstić information content (AvgIpc) is 2.63. The first-order chi connectivity index (χ1) is 11.7. The molecule has 0 bridgehead atoms. The summed E-state index contributed by atoms with van der Waals surface area (Å²) >= 11 is 0. The maximum absolute atomic E-state index is 12.2. The predicted octanol–water partition coefficient (Wildman–Crippen LogP) is 4.87. The Morgan fingerprint density at radius 1 is 1.12 bits per heavy atom. The monoisotopic (exact) mass is 407 g/mol. The molecule has 0 amide bonds. The summed E-state index contributed by atoms with van der Waals surface area (Å²) in [6.07, 6.45) is 5.02. The van der Waals surface area contributed by atoms with Gasteiger partial charge in [0.2, 0.25) is 0 Å². The second-order valence-electron chi connectivity index (χ2n) is 6.52. The molecule has 0 aliphatic heterocycles. The van der Waals surface area contributed by atoms with Gasteiger partial charge in [-0.1, -0.05) is 37.5 Å². The SMILES string of the molecule is CC1CCC(c2ccc(C(=O)Oc3c[c-]c(C#N)cc3)cc2)CC1.[Y]. The summed E-state index contributed by atoms with van der Waals surface area (Å²) < 4.78 is 5.32. The molecule has 2 aromatic rings. The van der Waals surface area contributed by atoms with Crippen molar-refractivity contribution in [1.29, 1.82) is 5.26 Å². The fraction of sp³-hybridized carbons (Fsp3) is 0.333. The van der Waals surface area contributed by atoms with Crippen LogP contribution in [0.5, 0.6) is 5.75 Å². The maximum atomic E-state index is 12.2. The second-order valence-corrected chi connectivity index (χ2v) is 6.52. The van der Waals surface area contributed by atoms with Crippen molar-refractivity contribution in [3.8, 4) is 11.8 Å². The molecule has 0 heterocycles. The van der Waals surface area contributed by atoms with Crippen molar-refractivity contribution < 1.29 is 42.2 Å². The molecule has 1 saturated carbocycles. The topological polar surface area (TPSA) is 50.1 Å². The van der Waals surface area contributed by atoms with Gasteiger partial charge >= 0.3 is 5.97 Å². The summed E-state index contributed by atoms with van der Waals surface area (Å²) in [5, 5.41) is 8.75. The van der Waals surface area contributed by atoms with Gasteiger partial charge in [0.25, 0.3) is 0 Å². The molecule has 0 atom stereocenters. The molecule has 25 heavy (non-hydrogen) atoms. The van der Waals surface area contributed by atoms with Gasteiger partial charge in [0.15, 0.2) is 0 Å². The van der Waals surface area contributed by atoms with Crippen molar-refractivity contribution in [3.05, 3.63) is 65.2 Å². The van der Waals surface area contributed by atoms with Crippen LogP contribution in [0.25, 0.3) is 0 Å². The molecular weight excluding hydrogens is 387 g/mol. The molecule has 1 aliphatic rings. The van der Waals surface area contributed by atoms with Crippen LogP contribution >= 0.6 is 0 Å². The summed E-state index contributed by atoms with van der Waals surface area (Å²) in [5.74, 6) is 1.44. The Kier molecular flexibility index (Phi) is 7.35. The van der Waals surface area contributed by atoms with Crippen LogP contribution in [-0.2, 0) is 32.7 Å². The first kappa shape index (κ1) is 19.8. The number of hydrogen-bond acceptors (Lipinski definition) is 3. The summed E-state index contributed by atoms with van der Waals surface area (Å²) in [6, 6.07) is 17.2. The van der Waals surface area contributed by atoms with E-state index in [9.17, 15) is 4.79 Å². The second kappa shape index (κ2) is 9.27. The first-order valence-corrected chi connectivity index (χ1v) is 8.39. The minimum Gasteiger partial charge on any atom is -0.471 e. The van der Waals surface area contributed by atoms with E-state index in [-0.39, 0.29) is 32.7 Å². The molecule has 0 N–H and O–H groups in total. The zero-order valence-electron chi connectivity index (χ0n) is 14.4. The molecule has 4 heteroatoms. The van der Waals surface area contributed by atoms with Gasteiger partial charge in [0.05, 0.1) is 5.56 Å². The zero-order chi connectivity index (χ0) is 16.9. The van der Waals surface area contributed by atoms with E-state index in [2.05, 4.69) is 13.0 Å². The largest absolute Gasteiger partial charge is 0.471 e. The van der Waals surface area contributed by atoms with Crippen LogP contribution in [0, 0.1) is 23.3 Å². The Balaban J connectivity index is 0.00000225. The fourth-order valence-electron chi connectivity index (χ4n) is 3.19. The minimum absolute atomic E-state index is 0. The standard InChI is InChI=1S/C21H20NO2.Y/c1-15-2-6-17(7-3-15)18-8-10-19(11-9-18)21(23)24-20-12-4-16(14-22)5-13-20;/h4,8-13,15,17H,2-3,6-7H2,1H3;/q-1;. The maximum Gasteiger partial charge on any atom is 0.334 e. The Labute approximate surface area is 174 Å². The molecule has 1 fully saturated rings. The van der Waals surface area contributed by atoms with E-state index in [1.807, 2.05) is 30.3 Å². The third-order valence-electron chi connectivity index (χ3n) is 4.75. The summed E-state index contributed by atoms with van der Waals surface area (Å²) in [5.41, 5.74) is 2.26. The molecule has 0 spiro atoms. The number of carbonyl (C=O) groups is 1. The van der Waals surface area contributed by atoms with Gasteiger partial charge in [0, 0.05) is 38.5 Å². The summed E-state index contributed by atoms with van der Waals surface area (Å²) in [6.45, 7) is 2.32. The van der Waals surface area contributed by atoms with E-state index in [0.29, 0.717) is 22.8 Å². The van der Waals surface area contributed by atoms with Crippen LogP contribution in [0.2, 0.25) is 0 Å². The molecule has 1 aliphatic carbocycles. The van der Waals surface area contributed by atoms with Gasteiger partial charge in [-0.15, -0.1) is 24.3 Å². The number of hydrogen-bond donors (Lipinski definition) is 0. The van der Waals surface area contributed by atoms with Crippen LogP contribution in [-0.4, -0.2) is 5.97 Å². The number of benzene rings is 2. The summed E-state index contributed by atoms with van der Waals surface area (Å²) in [4.78, 5) is 12.2. The third-order valence-corrected chi connectivity index (χ3v) is 4.75. The smallest absolute Gasteiger partial charge is 0.334 e. The predicted molar refractivity (Wildman–Crippen MR) is 91.8 cm³/mol. The van der Waals surface area contributed by atoms with Gasteiger partial charge in [-0.25, -0.2) is 4.79 Å². The molecule has 0 unspecified atom stereocenters. The van der Waals surface area contributed by atoms with Gasteiger partial charge < -0.3 is 4.74 Å². The Bertz CT molecular complexity index is 739. The van der Waals surface area contributed by atoms with Crippen LogP contribution in [0.1, 0.15) is 60.0 Å². The molecule has 125 valence electrons. The van der Waals surface area contributed by atoms with Gasteiger partial charge in [-0.2, -0.15) is 0 Å². The van der Waals surface area contributed by atoms with Crippen molar-refractivity contribution >= 4 is 5.97 Å². The van der Waals surface area contributed by atoms with E-state index < -0.39 is 5.97 Å². The van der Waals surface area contributed by atoms with Crippen molar-refractivity contribution in [2.75, 3.05) is 0 Å². The third kappa shape index (κ3) is 5.24. The zero-order valence-corrected chi connectivity index (χ0v) is 17.2. The molecule has 0 saturated heterocycles. The van der Waals surface area contributed by atoms with E-state index in [1.165, 1.54) is 37.3 Å². The first-order valence-electron chi connectivity index (χ1n) is 8.39. The van der Waals surface area contributed by atoms with Gasteiger partial charge in [0.1, 0.15) is 0 Å². The van der Waals surface area contributed by atoms with Crippen molar-refractivity contribution in [1.82, 2.24) is 0 Å². The quantitative estimate of drug-likeness (QED) is 0.415. The van der Waals surface area contributed by atoms with E-state index >= 15 is 0 Å². The van der Waals surface area contributed by atoms with Gasteiger partial charge in [-0.05, 0) is 48.4 Å². The normalized spacial score (nSPS) is 19.4. The Hall–Kier alpha value is -1.50. The summed E-state index contributed by atoms with van der Waals surface area (Å²) in [7, 11) is 0. The number of nitriles is 1. The molecular formula is C21H20NO2Y-. The van der Waals surface area contributed by atoms with Gasteiger partial charge in [-0.3, -0.25) is 5.26 Å². The van der Waals surface area contributed by atoms with Crippen molar-refractivity contribution in [2.24, 2.45) is 5.92 Å². The van der Waals surface area contributed by atoms with Crippen LogP contribution < -0.4 is 4.74 Å². The van der Waals surface area contributed by atoms with E-state index in [1.54, 1.807) is 12.1 Å². The van der Waals surface area contributed by atoms with Crippen molar-refractivity contribution in [2.45, 2.75) is 38.5 Å². The Morgan fingerprint density at radius 3 is 2.36 bits per heavy atom. The molecule has 1 radical (unpaired) electrons. The number of ether oxygens (including phenoxy) is 1. The number of rotatable bonds is 3. The van der Waals surface area contributed by atoms with E-state index in [0.717, 1.165) is 5.92 Å². The average molecular weight is 407 g/mol. The number of nitrogens with zero attached hydrogens (tertiary/aromatic N) is 1. The molecule has 3 rings (SSSR count).